The Morgan fingerprint density at radius 1 is 1.17 bits per heavy atom. The summed E-state index contributed by atoms with van der Waals surface area (Å²) in [4.78, 5) is 14.9. The number of hydrogen-bond acceptors (Lipinski definition) is 3. The van der Waals surface area contributed by atoms with E-state index in [0.29, 0.717) is 5.82 Å². The second-order valence-corrected chi connectivity index (χ2v) is 7.40. The number of aryl methyl sites for hydroxylation is 1. The SMILES string of the molecule is Cc1cnn(C2CCN(Cc3ccccc3)C2)c1NC(=O)c1cc(F)cc(F)c1. The van der Waals surface area contributed by atoms with Gasteiger partial charge in [0.2, 0.25) is 0 Å². The van der Waals surface area contributed by atoms with Gasteiger partial charge in [0, 0.05) is 36.8 Å². The molecule has 29 heavy (non-hydrogen) atoms. The Balaban J connectivity index is 1.48. The number of rotatable bonds is 5. The normalized spacial score (nSPS) is 16.9. The van der Waals surface area contributed by atoms with Crippen molar-refractivity contribution in [2.45, 2.75) is 25.9 Å². The van der Waals surface area contributed by atoms with E-state index in [0.717, 1.165) is 49.8 Å². The van der Waals surface area contributed by atoms with E-state index in [-0.39, 0.29) is 11.6 Å². The standard InChI is InChI=1S/C22H22F2N4O/c1-15-12-25-28(20-7-8-27(14-20)13-16-5-3-2-4-6-16)21(15)26-22(29)17-9-18(23)11-19(24)10-17/h2-6,9-12,20H,7-8,13-14H2,1H3,(H,26,29). The van der Waals surface area contributed by atoms with Crippen LogP contribution in [-0.4, -0.2) is 33.7 Å². The highest BCUT2D eigenvalue weighted by atomic mass is 19.1. The molecule has 0 aliphatic carbocycles. The van der Waals surface area contributed by atoms with Crippen LogP contribution in [0.2, 0.25) is 0 Å². The number of nitrogens with one attached hydrogen (secondary N) is 1. The van der Waals surface area contributed by atoms with Gasteiger partial charge in [-0.15, -0.1) is 0 Å². The summed E-state index contributed by atoms with van der Waals surface area (Å²) in [6.07, 6.45) is 2.60. The summed E-state index contributed by atoms with van der Waals surface area (Å²) in [5.41, 5.74) is 2.00. The number of hydrogen-bond donors (Lipinski definition) is 1. The number of likely N-dealkylation sites (tertiary alicyclic amines) is 1. The minimum atomic E-state index is -0.785. The maximum atomic E-state index is 13.5. The molecule has 1 aliphatic rings. The maximum absolute atomic E-state index is 13.5. The van der Waals surface area contributed by atoms with Crippen LogP contribution in [0, 0.1) is 18.6 Å². The molecule has 0 radical (unpaired) electrons. The highest BCUT2D eigenvalue weighted by Crippen LogP contribution is 2.28. The van der Waals surface area contributed by atoms with Gasteiger partial charge in [-0.05, 0) is 31.0 Å². The molecule has 1 aromatic heterocycles. The lowest BCUT2D eigenvalue weighted by Crippen LogP contribution is -2.23. The van der Waals surface area contributed by atoms with E-state index in [9.17, 15) is 13.6 Å². The van der Waals surface area contributed by atoms with Gasteiger partial charge in [0.15, 0.2) is 0 Å². The molecule has 1 unspecified atom stereocenters. The van der Waals surface area contributed by atoms with Gasteiger partial charge in [-0.25, -0.2) is 13.5 Å². The predicted octanol–water partition coefficient (Wildman–Crippen LogP) is 4.17. The molecule has 0 bridgehead atoms. The first-order chi connectivity index (χ1) is 14.0. The molecule has 1 atom stereocenters. The Labute approximate surface area is 168 Å². The summed E-state index contributed by atoms with van der Waals surface area (Å²) >= 11 is 0. The molecule has 1 aliphatic heterocycles. The fourth-order valence-electron chi connectivity index (χ4n) is 3.74. The van der Waals surface area contributed by atoms with Crippen molar-refractivity contribution >= 4 is 11.7 Å². The number of halogens is 2. The monoisotopic (exact) mass is 396 g/mol. The van der Waals surface area contributed by atoms with E-state index in [4.69, 9.17) is 0 Å². The number of amides is 1. The lowest BCUT2D eigenvalue weighted by molar-refractivity contribution is 0.102. The second kappa shape index (κ2) is 8.13. The molecule has 7 heteroatoms. The van der Waals surface area contributed by atoms with Gasteiger partial charge < -0.3 is 5.32 Å². The first-order valence-electron chi connectivity index (χ1n) is 9.57. The topological polar surface area (TPSA) is 50.2 Å². The molecule has 1 N–H and O–H groups in total. The summed E-state index contributed by atoms with van der Waals surface area (Å²) in [7, 11) is 0. The number of nitrogens with zero attached hydrogens (tertiary/aromatic N) is 3. The van der Waals surface area contributed by atoms with Crippen molar-refractivity contribution in [3.05, 3.63) is 83.1 Å². The van der Waals surface area contributed by atoms with E-state index in [1.165, 1.54) is 5.56 Å². The third kappa shape index (κ3) is 4.35. The summed E-state index contributed by atoms with van der Waals surface area (Å²) in [6, 6.07) is 13.2. The average molecular weight is 396 g/mol. The number of carbonyl (C=O) groups is 1. The smallest absolute Gasteiger partial charge is 0.257 e. The van der Waals surface area contributed by atoms with E-state index >= 15 is 0 Å². The van der Waals surface area contributed by atoms with Crippen LogP contribution in [0.4, 0.5) is 14.6 Å². The highest BCUT2D eigenvalue weighted by molar-refractivity contribution is 6.04. The molecular formula is C22H22F2N4O. The van der Waals surface area contributed by atoms with Crippen LogP contribution in [0.5, 0.6) is 0 Å². The first-order valence-corrected chi connectivity index (χ1v) is 9.57. The Kier molecular flexibility index (Phi) is 5.40. The van der Waals surface area contributed by atoms with Gasteiger partial charge >= 0.3 is 0 Å². The fourth-order valence-corrected chi connectivity index (χ4v) is 3.74. The molecule has 1 fully saturated rings. The molecule has 1 saturated heterocycles. The molecule has 0 saturated carbocycles. The van der Waals surface area contributed by atoms with Gasteiger partial charge in [-0.2, -0.15) is 5.10 Å². The summed E-state index contributed by atoms with van der Waals surface area (Å²) in [5.74, 6) is -1.57. The van der Waals surface area contributed by atoms with Crippen molar-refractivity contribution in [2.24, 2.45) is 0 Å². The Bertz CT molecular complexity index is 999. The van der Waals surface area contributed by atoms with Crippen molar-refractivity contribution in [3.63, 3.8) is 0 Å². The van der Waals surface area contributed by atoms with Gasteiger partial charge in [0.05, 0.1) is 12.2 Å². The molecule has 2 aromatic carbocycles. The molecule has 5 nitrogen and oxygen atoms in total. The average Bonchev–Trinajstić information content (AvgIpc) is 3.29. The van der Waals surface area contributed by atoms with Crippen molar-refractivity contribution in [3.8, 4) is 0 Å². The lowest BCUT2D eigenvalue weighted by Gasteiger charge is -2.18. The second-order valence-electron chi connectivity index (χ2n) is 7.40. The molecule has 4 rings (SSSR count). The molecule has 2 heterocycles. The number of anilines is 1. The number of aromatic nitrogens is 2. The fraction of sp³-hybridized carbons (Fsp3) is 0.273. The van der Waals surface area contributed by atoms with Crippen molar-refractivity contribution in [2.75, 3.05) is 18.4 Å². The van der Waals surface area contributed by atoms with Gasteiger partial charge in [0.25, 0.3) is 5.91 Å². The molecule has 1 amide bonds. The largest absolute Gasteiger partial charge is 0.307 e. The van der Waals surface area contributed by atoms with Crippen molar-refractivity contribution in [1.29, 1.82) is 0 Å². The maximum Gasteiger partial charge on any atom is 0.257 e. The van der Waals surface area contributed by atoms with E-state index < -0.39 is 17.5 Å². The van der Waals surface area contributed by atoms with Gasteiger partial charge in [0.1, 0.15) is 17.5 Å². The summed E-state index contributed by atoms with van der Waals surface area (Å²) in [5, 5.41) is 7.23. The van der Waals surface area contributed by atoms with Crippen LogP contribution in [0.25, 0.3) is 0 Å². The van der Waals surface area contributed by atoms with Crippen molar-refractivity contribution in [1.82, 2.24) is 14.7 Å². The summed E-state index contributed by atoms with van der Waals surface area (Å²) < 4.78 is 28.7. The quantitative estimate of drug-likeness (QED) is 0.704. The van der Waals surface area contributed by atoms with Crippen LogP contribution in [-0.2, 0) is 6.54 Å². The van der Waals surface area contributed by atoms with Crippen LogP contribution >= 0.6 is 0 Å². The minimum absolute atomic E-state index is 0.0632. The highest BCUT2D eigenvalue weighted by Gasteiger charge is 2.27. The van der Waals surface area contributed by atoms with E-state index in [1.54, 1.807) is 6.20 Å². The van der Waals surface area contributed by atoms with Gasteiger partial charge in [-0.1, -0.05) is 30.3 Å². The molecule has 3 aromatic rings. The summed E-state index contributed by atoms with van der Waals surface area (Å²) in [6.45, 7) is 4.46. The minimum Gasteiger partial charge on any atom is -0.307 e. The Morgan fingerprint density at radius 3 is 2.62 bits per heavy atom. The number of carbonyl (C=O) groups excluding carboxylic acids is 1. The van der Waals surface area contributed by atoms with Gasteiger partial charge in [-0.3, -0.25) is 9.69 Å². The predicted molar refractivity (Wildman–Crippen MR) is 107 cm³/mol. The van der Waals surface area contributed by atoms with Crippen molar-refractivity contribution < 1.29 is 13.6 Å². The van der Waals surface area contributed by atoms with E-state index in [1.807, 2.05) is 29.8 Å². The zero-order valence-electron chi connectivity index (χ0n) is 16.1. The van der Waals surface area contributed by atoms with E-state index in [2.05, 4.69) is 27.4 Å². The lowest BCUT2D eigenvalue weighted by atomic mass is 10.2. The molecule has 0 spiro atoms. The third-order valence-corrected chi connectivity index (χ3v) is 5.18. The molecular weight excluding hydrogens is 374 g/mol. The van der Waals surface area contributed by atoms with Crippen LogP contribution in [0.1, 0.15) is 33.9 Å². The Morgan fingerprint density at radius 2 is 1.90 bits per heavy atom. The number of benzene rings is 2. The van der Waals surface area contributed by atoms with Crippen LogP contribution in [0.15, 0.2) is 54.7 Å². The molecule has 150 valence electrons. The first kappa shape index (κ1) is 19.3. The van der Waals surface area contributed by atoms with Crippen LogP contribution < -0.4 is 5.32 Å². The third-order valence-electron chi connectivity index (χ3n) is 5.18. The Hall–Kier alpha value is -3.06. The zero-order chi connectivity index (χ0) is 20.4. The van der Waals surface area contributed by atoms with Crippen LogP contribution in [0.3, 0.4) is 0 Å². The zero-order valence-corrected chi connectivity index (χ0v) is 16.1.